The lowest BCUT2D eigenvalue weighted by Crippen LogP contribution is -2.60. The number of rotatable bonds is 10. The zero-order valence-electron chi connectivity index (χ0n) is 28.0. The van der Waals surface area contributed by atoms with Crippen molar-refractivity contribution < 1.29 is 38.9 Å². The molecule has 1 saturated heterocycles. The molecular formula is C35H44IN5O8. The van der Waals surface area contributed by atoms with Crippen molar-refractivity contribution in [3.63, 3.8) is 0 Å². The molecule has 5 N–H and O–H groups in total. The number of benzene rings is 2. The number of halogens is 1. The molecule has 1 aliphatic heterocycles. The predicted octanol–water partition coefficient (Wildman–Crippen LogP) is 2.79. The number of fused-ring (bicyclic) bond motifs is 1. The fourth-order valence-electron chi connectivity index (χ4n) is 6.42. The Balaban J connectivity index is 1.30. The summed E-state index contributed by atoms with van der Waals surface area (Å²) in [5, 5.41) is 28.9. The molecule has 1 saturated carbocycles. The van der Waals surface area contributed by atoms with Gasteiger partial charge in [0.15, 0.2) is 5.54 Å². The highest BCUT2D eigenvalue weighted by Gasteiger charge is 2.61. The van der Waals surface area contributed by atoms with Crippen LogP contribution in [-0.4, -0.2) is 104 Å². The number of hydrogen-bond acceptors (Lipinski definition) is 7. The van der Waals surface area contributed by atoms with Crippen molar-refractivity contribution in [2.45, 2.75) is 86.3 Å². The second-order valence-electron chi connectivity index (χ2n) is 14.2. The van der Waals surface area contributed by atoms with Gasteiger partial charge in [0, 0.05) is 30.4 Å². The Morgan fingerprint density at radius 1 is 1.08 bits per heavy atom. The number of nitrogens with one attached hydrogen (secondary N) is 3. The lowest BCUT2D eigenvalue weighted by Gasteiger charge is -2.34. The molecule has 49 heavy (non-hydrogen) atoms. The van der Waals surface area contributed by atoms with Gasteiger partial charge in [-0.3, -0.25) is 9.59 Å². The van der Waals surface area contributed by atoms with Gasteiger partial charge >= 0.3 is 18.1 Å². The first-order valence-electron chi connectivity index (χ1n) is 16.4. The van der Waals surface area contributed by atoms with E-state index in [1.165, 1.54) is 9.80 Å². The maximum Gasteiger partial charge on any atom is 0.409 e. The summed E-state index contributed by atoms with van der Waals surface area (Å²) in [5.74, 6) is -2.37. The van der Waals surface area contributed by atoms with Crippen molar-refractivity contribution >= 4 is 52.5 Å². The van der Waals surface area contributed by atoms with Crippen LogP contribution < -0.4 is 16.0 Å². The molecule has 0 aromatic heterocycles. The zero-order valence-corrected chi connectivity index (χ0v) is 30.2. The molecule has 2 aromatic carbocycles. The SMILES string of the molecule is CN(CCc1ccccc1)C(=O)O[C@@H]1C[C@@H](C(=O)N[C@]2(C(=O)O)C[C@H]2I)N(C(=O)N[C@H](C(=O)N[C@H]2c3ccccc3C[C@H]2O)C(C)(C)C)C1. The van der Waals surface area contributed by atoms with Crippen LogP contribution >= 0.6 is 22.6 Å². The molecule has 5 rings (SSSR count). The standard InChI is InChI=1S/C35H44IN5O8/c1-34(2,3)28(30(44)37-27-23-13-9-8-12-21(23)16-25(27)42)38-32(47)41-19-22(17-24(41)29(43)39-35(31(45)46)18-26(35)36)49-33(48)40(4)15-14-20-10-6-5-7-11-20/h5-13,22,24-28,42H,14-19H2,1-4H3,(H,37,44)(H,38,47)(H,39,43)(H,45,46)/t22-,24+,25-,26-,27+,28-,35-/m1/s1. The Morgan fingerprint density at radius 3 is 2.37 bits per heavy atom. The van der Waals surface area contributed by atoms with Gasteiger partial charge in [-0.25, -0.2) is 14.4 Å². The maximum absolute atomic E-state index is 14.0. The minimum absolute atomic E-state index is 0.0590. The molecule has 7 atom stereocenters. The highest BCUT2D eigenvalue weighted by molar-refractivity contribution is 14.1. The zero-order chi connectivity index (χ0) is 35.7. The van der Waals surface area contributed by atoms with E-state index >= 15 is 0 Å². The lowest BCUT2D eigenvalue weighted by atomic mass is 9.86. The van der Waals surface area contributed by atoms with Crippen molar-refractivity contribution in [2.24, 2.45) is 5.41 Å². The highest BCUT2D eigenvalue weighted by atomic mass is 127. The molecule has 0 radical (unpaired) electrons. The van der Waals surface area contributed by atoms with Crippen LogP contribution in [0.1, 0.15) is 56.3 Å². The molecule has 2 aromatic rings. The van der Waals surface area contributed by atoms with Gasteiger partial charge in [0.25, 0.3) is 0 Å². The van der Waals surface area contributed by atoms with Crippen LogP contribution in [0.4, 0.5) is 9.59 Å². The average molecular weight is 790 g/mol. The first-order valence-corrected chi connectivity index (χ1v) is 17.6. The number of ether oxygens (including phenoxy) is 1. The summed E-state index contributed by atoms with van der Waals surface area (Å²) in [6, 6.07) is 13.4. The minimum Gasteiger partial charge on any atom is -0.479 e. The van der Waals surface area contributed by atoms with Gasteiger partial charge in [-0.05, 0) is 34.9 Å². The molecule has 264 valence electrons. The summed E-state index contributed by atoms with van der Waals surface area (Å²) < 4.78 is 5.42. The maximum atomic E-state index is 14.0. The van der Waals surface area contributed by atoms with Gasteiger partial charge in [0.2, 0.25) is 11.8 Å². The number of carbonyl (C=O) groups is 5. The van der Waals surface area contributed by atoms with E-state index in [1.807, 2.05) is 77.2 Å². The van der Waals surface area contributed by atoms with Crippen LogP contribution in [0.5, 0.6) is 0 Å². The van der Waals surface area contributed by atoms with Crippen molar-refractivity contribution in [2.75, 3.05) is 20.1 Å². The van der Waals surface area contributed by atoms with Crippen LogP contribution in [0.25, 0.3) is 0 Å². The van der Waals surface area contributed by atoms with E-state index in [1.54, 1.807) is 27.8 Å². The largest absolute Gasteiger partial charge is 0.479 e. The Kier molecular flexibility index (Phi) is 10.8. The molecule has 0 unspecified atom stereocenters. The molecule has 0 spiro atoms. The van der Waals surface area contributed by atoms with Gasteiger partial charge in [-0.2, -0.15) is 0 Å². The Bertz CT molecular complexity index is 1590. The highest BCUT2D eigenvalue weighted by Crippen LogP contribution is 2.43. The van der Waals surface area contributed by atoms with Gasteiger partial charge in [0.05, 0.1) is 18.7 Å². The van der Waals surface area contributed by atoms with E-state index < -0.39 is 71.2 Å². The third-order valence-corrected chi connectivity index (χ3v) is 11.0. The summed E-state index contributed by atoms with van der Waals surface area (Å²) in [7, 11) is 1.60. The lowest BCUT2D eigenvalue weighted by molar-refractivity contribution is -0.143. The van der Waals surface area contributed by atoms with E-state index in [9.17, 15) is 34.2 Å². The Morgan fingerprint density at radius 2 is 1.73 bits per heavy atom. The molecule has 1 heterocycles. The summed E-state index contributed by atoms with van der Waals surface area (Å²) in [4.78, 5) is 69.0. The molecule has 2 fully saturated rings. The summed E-state index contributed by atoms with van der Waals surface area (Å²) in [5.41, 5.74) is 0.546. The number of alkyl halides is 1. The normalized spacial score (nSPS) is 26.2. The number of likely N-dealkylation sites (N-methyl/N-ethyl adjacent to an activating group) is 1. The second-order valence-corrected chi connectivity index (χ2v) is 15.7. The predicted molar refractivity (Wildman–Crippen MR) is 188 cm³/mol. The van der Waals surface area contributed by atoms with E-state index in [4.69, 9.17) is 4.74 Å². The molecule has 5 amide bonds. The van der Waals surface area contributed by atoms with Crippen LogP contribution in [0, 0.1) is 5.41 Å². The fraction of sp³-hybridized carbons (Fsp3) is 0.514. The van der Waals surface area contributed by atoms with Gasteiger partial charge < -0.3 is 40.7 Å². The molecule has 3 aliphatic rings. The Hall–Kier alpha value is -3.92. The second kappa shape index (κ2) is 14.5. The topological polar surface area (TPSA) is 178 Å². The number of carboxylic acids is 1. The van der Waals surface area contributed by atoms with Gasteiger partial charge in [-0.1, -0.05) is 98.0 Å². The number of carboxylic acid groups (broad SMARTS) is 1. The number of aliphatic hydroxyl groups excluding tert-OH is 1. The smallest absolute Gasteiger partial charge is 0.409 e. The van der Waals surface area contributed by atoms with Crippen molar-refractivity contribution in [1.82, 2.24) is 25.8 Å². The Labute approximate surface area is 299 Å². The van der Waals surface area contributed by atoms with Gasteiger partial charge in [-0.15, -0.1) is 0 Å². The minimum atomic E-state index is -1.45. The van der Waals surface area contributed by atoms with Crippen LogP contribution in [-0.2, 0) is 32.0 Å². The molecular weight excluding hydrogens is 745 g/mol. The summed E-state index contributed by atoms with van der Waals surface area (Å²) in [6.07, 6.45) is -1.16. The van der Waals surface area contributed by atoms with E-state index in [2.05, 4.69) is 16.0 Å². The molecule has 0 bridgehead atoms. The number of carbonyl (C=O) groups excluding carboxylic acids is 4. The third kappa shape index (κ3) is 8.11. The number of urea groups is 1. The quantitative estimate of drug-likeness (QED) is 0.180. The van der Waals surface area contributed by atoms with Crippen molar-refractivity contribution in [1.29, 1.82) is 0 Å². The summed E-state index contributed by atoms with van der Waals surface area (Å²) >= 11 is 1.97. The average Bonchev–Trinajstić information content (AvgIpc) is 3.35. The third-order valence-electron chi connectivity index (χ3n) is 9.49. The van der Waals surface area contributed by atoms with E-state index in [0.717, 1.165) is 16.7 Å². The first-order chi connectivity index (χ1) is 23.1. The van der Waals surface area contributed by atoms with E-state index in [-0.39, 0.29) is 23.3 Å². The number of aliphatic hydroxyl groups is 1. The fourth-order valence-corrected chi connectivity index (χ4v) is 7.54. The monoisotopic (exact) mass is 789 g/mol. The molecule has 2 aliphatic carbocycles. The number of amides is 5. The number of aliphatic carboxylic acids is 1. The van der Waals surface area contributed by atoms with Crippen molar-refractivity contribution in [3.05, 3.63) is 71.3 Å². The van der Waals surface area contributed by atoms with Crippen LogP contribution in [0.15, 0.2) is 54.6 Å². The van der Waals surface area contributed by atoms with Gasteiger partial charge in [0.1, 0.15) is 18.2 Å². The number of nitrogens with zero attached hydrogens (tertiary/aromatic N) is 2. The van der Waals surface area contributed by atoms with Crippen molar-refractivity contribution in [3.8, 4) is 0 Å². The molecule has 14 heteroatoms. The first kappa shape index (κ1) is 36.4. The number of likely N-dealkylation sites (tertiary alicyclic amines) is 1. The summed E-state index contributed by atoms with van der Waals surface area (Å²) in [6.45, 7) is 5.58. The number of hydrogen-bond donors (Lipinski definition) is 5. The van der Waals surface area contributed by atoms with Crippen LogP contribution in [0.3, 0.4) is 0 Å². The molecule has 13 nitrogen and oxygen atoms in total. The van der Waals surface area contributed by atoms with Crippen LogP contribution in [0.2, 0.25) is 0 Å². The van der Waals surface area contributed by atoms with E-state index in [0.29, 0.717) is 19.4 Å².